The molecule has 1 aromatic carbocycles. The molecule has 18 heavy (non-hydrogen) atoms. The average molecular weight is 377 g/mol. The summed E-state index contributed by atoms with van der Waals surface area (Å²) in [5, 5.41) is 0.233. The van der Waals surface area contributed by atoms with Crippen molar-refractivity contribution in [3.63, 3.8) is 0 Å². The van der Waals surface area contributed by atoms with Gasteiger partial charge in [0, 0.05) is 3.57 Å². The van der Waals surface area contributed by atoms with Gasteiger partial charge in [0.1, 0.15) is 0 Å². The second kappa shape index (κ2) is 6.03. The van der Waals surface area contributed by atoms with Crippen molar-refractivity contribution in [3.05, 3.63) is 33.4 Å². The Balaban J connectivity index is 2.68. The zero-order valence-corrected chi connectivity index (χ0v) is 15.1. The van der Waals surface area contributed by atoms with Crippen LogP contribution in [0.3, 0.4) is 0 Å². The zero-order valence-electron chi connectivity index (χ0n) is 12.0. The predicted molar refractivity (Wildman–Crippen MR) is 89.2 cm³/mol. The van der Waals surface area contributed by atoms with Crippen molar-refractivity contribution in [2.75, 3.05) is 6.61 Å². The smallest absolute Gasteiger partial charge is 0.192 e. The second-order valence-corrected chi connectivity index (χ2v) is 12.2. The number of hydrogen-bond acceptors (Lipinski definition) is 2. The van der Waals surface area contributed by atoms with Gasteiger partial charge in [-0.05, 0) is 52.4 Å². The maximum Gasteiger partial charge on any atom is 0.192 e. The fraction of sp³-hybridized carbons (Fsp3) is 0.571. The summed E-state index contributed by atoms with van der Waals surface area (Å²) in [6, 6.07) is 8.20. The Kier molecular flexibility index (Phi) is 5.40. The highest BCUT2D eigenvalue weighted by molar-refractivity contribution is 14.1. The molecule has 0 aliphatic heterocycles. The van der Waals surface area contributed by atoms with Gasteiger partial charge >= 0.3 is 0 Å². The van der Waals surface area contributed by atoms with Crippen LogP contribution in [0.25, 0.3) is 0 Å². The van der Waals surface area contributed by atoms with E-state index in [0.29, 0.717) is 6.61 Å². The van der Waals surface area contributed by atoms with E-state index in [1.54, 1.807) is 0 Å². The van der Waals surface area contributed by atoms with Crippen molar-refractivity contribution in [2.45, 2.75) is 44.9 Å². The first-order valence-electron chi connectivity index (χ1n) is 6.29. The van der Waals surface area contributed by atoms with Crippen LogP contribution in [-0.4, -0.2) is 14.9 Å². The fourth-order valence-corrected chi connectivity index (χ4v) is 3.20. The van der Waals surface area contributed by atoms with Gasteiger partial charge < -0.3 is 10.2 Å². The van der Waals surface area contributed by atoms with E-state index in [2.05, 4.69) is 68.6 Å². The second-order valence-electron chi connectivity index (χ2n) is 6.20. The molecule has 0 spiro atoms. The molecule has 0 saturated heterocycles. The Morgan fingerprint density at radius 2 is 1.83 bits per heavy atom. The minimum absolute atomic E-state index is 0.0350. The van der Waals surface area contributed by atoms with Gasteiger partial charge in [0.25, 0.3) is 0 Å². The highest BCUT2D eigenvalue weighted by atomic mass is 127. The third-order valence-corrected chi connectivity index (χ3v) is 9.22. The van der Waals surface area contributed by atoms with Crippen LogP contribution in [-0.2, 0) is 4.43 Å². The Bertz CT molecular complexity index is 401. The minimum atomic E-state index is -1.70. The van der Waals surface area contributed by atoms with Gasteiger partial charge in [-0.1, -0.05) is 39.0 Å². The average Bonchev–Trinajstić information content (AvgIpc) is 2.25. The van der Waals surface area contributed by atoms with E-state index < -0.39 is 8.32 Å². The van der Waals surface area contributed by atoms with Gasteiger partial charge in [0.05, 0.1) is 12.6 Å². The van der Waals surface area contributed by atoms with E-state index in [-0.39, 0.29) is 11.1 Å². The molecule has 2 N–H and O–H groups in total. The van der Waals surface area contributed by atoms with Gasteiger partial charge in [0.15, 0.2) is 8.32 Å². The summed E-state index contributed by atoms with van der Waals surface area (Å²) in [7, 11) is -1.70. The fourth-order valence-electron chi connectivity index (χ4n) is 1.38. The van der Waals surface area contributed by atoms with Gasteiger partial charge in [-0.15, -0.1) is 0 Å². The molecule has 0 saturated carbocycles. The van der Waals surface area contributed by atoms with Crippen LogP contribution in [0, 0.1) is 3.57 Å². The zero-order chi connectivity index (χ0) is 14.0. The van der Waals surface area contributed by atoms with Gasteiger partial charge in [-0.3, -0.25) is 0 Å². The van der Waals surface area contributed by atoms with Crippen molar-refractivity contribution in [2.24, 2.45) is 5.73 Å². The van der Waals surface area contributed by atoms with Crippen LogP contribution in [0.15, 0.2) is 24.3 Å². The molecular formula is C14H24INOSi. The molecular weight excluding hydrogens is 353 g/mol. The lowest BCUT2D eigenvalue weighted by Crippen LogP contribution is -2.42. The highest BCUT2D eigenvalue weighted by Gasteiger charge is 2.37. The van der Waals surface area contributed by atoms with E-state index in [9.17, 15) is 0 Å². The summed E-state index contributed by atoms with van der Waals surface area (Å²) < 4.78 is 7.39. The molecule has 1 aromatic rings. The molecule has 102 valence electrons. The number of nitrogens with two attached hydrogens (primary N) is 1. The summed E-state index contributed by atoms with van der Waals surface area (Å²) in [5.74, 6) is 0. The lowest BCUT2D eigenvalue weighted by molar-refractivity contribution is 0.264. The van der Waals surface area contributed by atoms with Crippen LogP contribution < -0.4 is 5.73 Å². The quantitative estimate of drug-likeness (QED) is 0.627. The largest absolute Gasteiger partial charge is 0.415 e. The van der Waals surface area contributed by atoms with Crippen LogP contribution in [0.2, 0.25) is 18.1 Å². The van der Waals surface area contributed by atoms with E-state index in [4.69, 9.17) is 10.2 Å². The standard InChI is InChI=1S/C14H24INOSi/c1-14(2,3)18(4,5)17-10-13(16)11-8-6-7-9-12(11)15/h6-9,13H,10,16H2,1-5H3. The molecule has 0 bridgehead atoms. The first-order valence-corrected chi connectivity index (χ1v) is 10.3. The molecule has 4 heteroatoms. The molecule has 0 aliphatic carbocycles. The summed E-state index contributed by atoms with van der Waals surface area (Å²) >= 11 is 2.33. The van der Waals surface area contributed by atoms with Gasteiger partial charge in [-0.25, -0.2) is 0 Å². The molecule has 0 radical (unpaired) electrons. The van der Waals surface area contributed by atoms with Crippen molar-refractivity contribution in [3.8, 4) is 0 Å². The van der Waals surface area contributed by atoms with Crippen molar-refractivity contribution < 1.29 is 4.43 Å². The summed E-state index contributed by atoms with van der Waals surface area (Å²) in [6.45, 7) is 11.9. The summed E-state index contributed by atoms with van der Waals surface area (Å²) in [6.07, 6.45) is 0. The monoisotopic (exact) mass is 377 g/mol. The Morgan fingerprint density at radius 1 is 1.28 bits per heavy atom. The molecule has 2 nitrogen and oxygen atoms in total. The van der Waals surface area contributed by atoms with Gasteiger partial charge in [0.2, 0.25) is 0 Å². The van der Waals surface area contributed by atoms with Crippen molar-refractivity contribution >= 4 is 30.9 Å². The van der Waals surface area contributed by atoms with Crippen LogP contribution >= 0.6 is 22.6 Å². The first-order chi connectivity index (χ1) is 8.15. The highest BCUT2D eigenvalue weighted by Crippen LogP contribution is 2.37. The summed E-state index contributed by atoms with van der Waals surface area (Å²) in [4.78, 5) is 0. The number of halogens is 1. The maximum atomic E-state index is 6.24. The maximum absolute atomic E-state index is 6.24. The van der Waals surface area contributed by atoms with Crippen LogP contribution in [0.4, 0.5) is 0 Å². The van der Waals surface area contributed by atoms with E-state index in [1.165, 1.54) is 9.13 Å². The Morgan fingerprint density at radius 3 is 2.33 bits per heavy atom. The van der Waals surface area contributed by atoms with E-state index in [1.807, 2.05) is 12.1 Å². The van der Waals surface area contributed by atoms with Gasteiger partial charge in [-0.2, -0.15) is 0 Å². The number of benzene rings is 1. The molecule has 0 fully saturated rings. The molecule has 0 aromatic heterocycles. The van der Waals surface area contributed by atoms with Crippen LogP contribution in [0.1, 0.15) is 32.4 Å². The lowest BCUT2D eigenvalue weighted by Gasteiger charge is -2.37. The van der Waals surface area contributed by atoms with Crippen molar-refractivity contribution in [1.82, 2.24) is 0 Å². The first kappa shape index (κ1) is 16.1. The third-order valence-electron chi connectivity index (χ3n) is 3.73. The molecule has 0 heterocycles. The molecule has 0 amide bonds. The Labute approximate surface area is 126 Å². The predicted octanol–water partition coefficient (Wildman–Crippen LogP) is 4.31. The minimum Gasteiger partial charge on any atom is -0.415 e. The van der Waals surface area contributed by atoms with Crippen molar-refractivity contribution in [1.29, 1.82) is 0 Å². The van der Waals surface area contributed by atoms with Crippen LogP contribution in [0.5, 0.6) is 0 Å². The van der Waals surface area contributed by atoms with E-state index in [0.717, 1.165) is 0 Å². The normalized spacial score (nSPS) is 14.6. The number of rotatable bonds is 4. The molecule has 1 atom stereocenters. The topological polar surface area (TPSA) is 35.2 Å². The SMILES string of the molecule is CC(C)(C)[Si](C)(C)OCC(N)c1ccccc1I. The lowest BCUT2D eigenvalue weighted by atomic mass is 10.1. The Hall–Kier alpha value is 0.0869. The molecule has 1 unspecified atom stereocenters. The third kappa shape index (κ3) is 4.04. The molecule has 1 rings (SSSR count). The molecule has 0 aliphatic rings. The summed E-state index contributed by atoms with van der Waals surface area (Å²) in [5.41, 5.74) is 7.42. The van der Waals surface area contributed by atoms with E-state index >= 15 is 0 Å². The number of hydrogen-bond donors (Lipinski definition) is 1.